The smallest absolute Gasteiger partial charge is 0.0652 e. The maximum atomic E-state index is 6.20. The standard InChI is InChI=1S/C10H21ClIN/c1-8(2,11)7-9(3,4)13-10(5,6)12/h13H,7H2,1-6H3. The zero-order valence-corrected chi connectivity index (χ0v) is 12.4. The van der Waals surface area contributed by atoms with Gasteiger partial charge in [-0.2, -0.15) is 0 Å². The molecule has 3 heteroatoms. The number of hydrogen-bond donors (Lipinski definition) is 1. The molecule has 0 saturated heterocycles. The molecule has 1 nitrogen and oxygen atoms in total. The number of alkyl halides is 2. The molecule has 0 unspecified atom stereocenters. The van der Waals surface area contributed by atoms with E-state index in [0.717, 1.165) is 6.42 Å². The molecule has 0 saturated carbocycles. The summed E-state index contributed by atoms with van der Waals surface area (Å²) in [5, 5.41) is 3.55. The Morgan fingerprint density at radius 1 is 1.08 bits per heavy atom. The van der Waals surface area contributed by atoms with E-state index in [1.54, 1.807) is 0 Å². The van der Waals surface area contributed by atoms with Crippen LogP contribution in [-0.4, -0.2) is 14.0 Å². The molecule has 0 aliphatic heterocycles. The van der Waals surface area contributed by atoms with Crippen molar-refractivity contribution in [1.29, 1.82) is 0 Å². The molecule has 80 valence electrons. The highest BCUT2D eigenvalue weighted by atomic mass is 127. The van der Waals surface area contributed by atoms with Gasteiger partial charge in [-0.15, -0.1) is 11.6 Å². The van der Waals surface area contributed by atoms with Gasteiger partial charge in [-0.25, -0.2) is 0 Å². The van der Waals surface area contributed by atoms with Crippen molar-refractivity contribution < 1.29 is 0 Å². The van der Waals surface area contributed by atoms with Crippen LogP contribution < -0.4 is 5.32 Å². The number of hydrogen-bond acceptors (Lipinski definition) is 1. The number of rotatable bonds is 4. The Labute approximate surface area is 101 Å². The maximum Gasteiger partial charge on any atom is 0.0652 e. The maximum absolute atomic E-state index is 6.20. The highest BCUT2D eigenvalue weighted by Gasteiger charge is 2.30. The Hall–Kier alpha value is 0.980. The Morgan fingerprint density at radius 2 is 1.46 bits per heavy atom. The van der Waals surface area contributed by atoms with Crippen LogP contribution in [0, 0.1) is 0 Å². The molecule has 0 heterocycles. The molecule has 0 atom stereocenters. The highest BCUT2D eigenvalue weighted by molar-refractivity contribution is 14.1. The van der Waals surface area contributed by atoms with Crippen LogP contribution in [0.5, 0.6) is 0 Å². The van der Waals surface area contributed by atoms with Crippen molar-refractivity contribution in [2.75, 3.05) is 0 Å². The second-order valence-corrected chi connectivity index (χ2v) is 9.10. The van der Waals surface area contributed by atoms with Crippen LogP contribution in [0.3, 0.4) is 0 Å². The van der Waals surface area contributed by atoms with Gasteiger partial charge in [0.2, 0.25) is 0 Å². The fourth-order valence-electron chi connectivity index (χ4n) is 1.90. The first-order valence-electron chi connectivity index (χ1n) is 4.59. The van der Waals surface area contributed by atoms with Crippen molar-refractivity contribution in [3.8, 4) is 0 Å². The molecule has 0 spiro atoms. The first kappa shape index (κ1) is 14.0. The molecule has 0 aliphatic carbocycles. The first-order chi connectivity index (χ1) is 5.41. The van der Waals surface area contributed by atoms with Gasteiger partial charge in [-0.05, 0) is 48.0 Å². The highest BCUT2D eigenvalue weighted by Crippen LogP contribution is 2.28. The lowest BCUT2D eigenvalue weighted by molar-refractivity contribution is 0.300. The minimum atomic E-state index is -0.140. The quantitative estimate of drug-likeness (QED) is 0.470. The van der Waals surface area contributed by atoms with Crippen molar-refractivity contribution in [3.63, 3.8) is 0 Å². The lowest BCUT2D eigenvalue weighted by Gasteiger charge is -2.37. The van der Waals surface area contributed by atoms with E-state index in [9.17, 15) is 0 Å². The molecule has 0 radical (unpaired) electrons. The Kier molecular flexibility index (Phi) is 4.55. The van der Waals surface area contributed by atoms with Crippen LogP contribution in [-0.2, 0) is 0 Å². The number of nitrogens with one attached hydrogen (secondary N) is 1. The van der Waals surface area contributed by atoms with Crippen molar-refractivity contribution in [2.24, 2.45) is 0 Å². The van der Waals surface area contributed by atoms with E-state index in [1.165, 1.54) is 0 Å². The summed E-state index contributed by atoms with van der Waals surface area (Å²) in [6.07, 6.45) is 0.952. The first-order valence-corrected chi connectivity index (χ1v) is 6.04. The van der Waals surface area contributed by atoms with E-state index in [1.807, 2.05) is 0 Å². The van der Waals surface area contributed by atoms with Crippen LogP contribution in [0.1, 0.15) is 48.0 Å². The van der Waals surface area contributed by atoms with Gasteiger partial charge >= 0.3 is 0 Å². The monoisotopic (exact) mass is 317 g/mol. The van der Waals surface area contributed by atoms with Crippen molar-refractivity contribution in [3.05, 3.63) is 0 Å². The van der Waals surface area contributed by atoms with Gasteiger partial charge in [0.1, 0.15) is 0 Å². The summed E-state index contributed by atoms with van der Waals surface area (Å²) in [4.78, 5) is -0.140. The van der Waals surface area contributed by atoms with E-state index in [-0.39, 0.29) is 14.0 Å². The minimum absolute atomic E-state index is 0.0793. The van der Waals surface area contributed by atoms with Gasteiger partial charge in [0, 0.05) is 10.4 Å². The van der Waals surface area contributed by atoms with Crippen LogP contribution in [0.2, 0.25) is 0 Å². The third-order valence-electron chi connectivity index (χ3n) is 1.50. The van der Waals surface area contributed by atoms with E-state index in [2.05, 4.69) is 69.5 Å². The number of halogens is 2. The van der Waals surface area contributed by atoms with Gasteiger partial charge in [0.25, 0.3) is 0 Å². The molecule has 0 bridgehead atoms. The summed E-state index contributed by atoms with van der Waals surface area (Å²) in [7, 11) is 0. The molecule has 1 N–H and O–H groups in total. The zero-order chi connectivity index (χ0) is 10.9. The minimum Gasteiger partial charge on any atom is -0.298 e. The topological polar surface area (TPSA) is 12.0 Å². The molecule has 0 fully saturated rings. The summed E-state index contributed by atoms with van der Waals surface area (Å²) in [5.74, 6) is 0. The predicted octanol–water partition coefficient (Wildman–Crippen LogP) is 3.93. The van der Waals surface area contributed by atoms with E-state index in [0.29, 0.717) is 0 Å². The molecular weight excluding hydrogens is 296 g/mol. The molecule has 0 rings (SSSR count). The summed E-state index contributed by atoms with van der Waals surface area (Å²) < 4.78 is 0.114. The van der Waals surface area contributed by atoms with Crippen LogP contribution >= 0.6 is 34.2 Å². The summed E-state index contributed by atoms with van der Waals surface area (Å²) in [6.45, 7) is 12.8. The van der Waals surface area contributed by atoms with Gasteiger partial charge in [0.05, 0.1) is 3.55 Å². The van der Waals surface area contributed by atoms with Gasteiger partial charge in [0.15, 0.2) is 0 Å². The lowest BCUT2D eigenvalue weighted by Crippen LogP contribution is -2.50. The fraction of sp³-hybridized carbons (Fsp3) is 1.00. The largest absolute Gasteiger partial charge is 0.298 e. The second-order valence-electron chi connectivity index (χ2n) is 5.38. The molecule has 0 aromatic carbocycles. The zero-order valence-electron chi connectivity index (χ0n) is 9.46. The lowest BCUT2D eigenvalue weighted by atomic mass is 9.91. The van der Waals surface area contributed by atoms with E-state index >= 15 is 0 Å². The van der Waals surface area contributed by atoms with Crippen LogP contribution in [0.25, 0.3) is 0 Å². The third-order valence-corrected chi connectivity index (χ3v) is 1.90. The molecule has 13 heavy (non-hydrogen) atoms. The summed E-state index contributed by atoms with van der Waals surface area (Å²) in [6, 6.07) is 0. The Bertz CT molecular complexity index is 147. The van der Waals surface area contributed by atoms with Gasteiger partial charge in [-0.1, -0.05) is 22.6 Å². The summed E-state index contributed by atoms with van der Waals surface area (Å²) in [5.41, 5.74) is 0.0793. The molecule has 0 aliphatic rings. The Balaban J connectivity index is 4.25. The van der Waals surface area contributed by atoms with Crippen LogP contribution in [0.4, 0.5) is 0 Å². The van der Waals surface area contributed by atoms with E-state index < -0.39 is 0 Å². The van der Waals surface area contributed by atoms with Crippen molar-refractivity contribution >= 4 is 34.2 Å². The Morgan fingerprint density at radius 3 is 1.69 bits per heavy atom. The molecule has 0 aromatic rings. The van der Waals surface area contributed by atoms with Crippen molar-refractivity contribution in [1.82, 2.24) is 5.32 Å². The summed E-state index contributed by atoms with van der Waals surface area (Å²) >= 11 is 8.60. The molecular formula is C10H21ClIN. The van der Waals surface area contributed by atoms with Gasteiger partial charge < -0.3 is 0 Å². The molecule has 0 amide bonds. The third kappa shape index (κ3) is 9.29. The molecule has 0 aromatic heterocycles. The second kappa shape index (κ2) is 4.23. The SMILES string of the molecule is CC(C)(Cl)CC(C)(C)NC(C)(C)I. The normalized spacial score (nSPS) is 14.8. The van der Waals surface area contributed by atoms with E-state index in [4.69, 9.17) is 11.6 Å². The van der Waals surface area contributed by atoms with Crippen LogP contribution in [0.15, 0.2) is 0 Å². The fourth-order valence-corrected chi connectivity index (χ4v) is 2.96. The van der Waals surface area contributed by atoms with Gasteiger partial charge in [-0.3, -0.25) is 5.32 Å². The average molecular weight is 318 g/mol. The average Bonchev–Trinajstić information content (AvgIpc) is 1.43. The predicted molar refractivity (Wildman–Crippen MR) is 69.9 cm³/mol. The van der Waals surface area contributed by atoms with Crippen molar-refractivity contribution in [2.45, 2.75) is 61.9 Å².